The monoisotopic (exact) mass is 335 g/mol. The molecule has 0 aliphatic carbocycles. The first-order chi connectivity index (χ1) is 11.5. The summed E-state index contributed by atoms with van der Waals surface area (Å²) in [5, 5.41) is 3.02. The Bertz CT molecular complexity index is 542. The van der Waals surface area contributed by atoms with Crippen LogP contribution < -0.4 is 5.32 Å². The molecule has 1 N–H and O–H groups in total. The molecule has 2 heterocycles. The third kappa shape index (κ3) is 4.36. The highest BCUT2D eigenvalue weighted by molar-refractivity contribution is 5.93. The molecule has 1 saturated heterocycles. The Hall–Kier alpha value is -1.40. The first kappa shape index (κ1) is 18.9. The van der Waals surface area contributed by atoms with Crippen LogP contribution in [0.5, 0.6) is 0 Å². The van der Waals surface area contributed by atoms with Gasteiger partial charge in [-0.3, -0.25) is 4.79 Å². The van der Waals surface area contributed by atoms with Crippen LogP contribution in [0.2, 0.25) is 0 Å². The van der Waals surface area contributed by atoms with E-state index in [1.54, 1.807) is 0 Å². The second-order valence-electron chi connectivity index (χ2n) is 6.78. The zero-order chi connectivity index (χ0) is 17.7. The van der Waals surface area contributed by atoms with Gasteiger partial charge in [-0.1, -0.05) is 13.8 Å². The van der Waals surface area contributed by atoms with Gasteiger partial charge in [0.15, 0.2) is 0 Å². The van der Waals surface area contributed by atoms with Crippen LogP contribution >= 0.6 is 0 Å². The molecule has 0 spiro atoms. The molecule has 1 amide bonds. The Kier molecular flexibility index (Phi) is 6.80. The van der Waals surface area contributed by atoms with Crippen molar-refractivity contribution < 1.29 is 4.79 Å². The van der Waals surface area contributed by atoms with Gasteiger partial charge in [-0.05, 0) is 59.9 Å². The van der Waals surface area contributed by atoms with Crippen LogP contribution in [0.4, 0.5) is 0 Å². The largest absolute Gasteiger partial charge is 0.349 e. The van der Waals surface area contributed by atoms with Crippen LogP contribution in [-0.4, -0.2) is 71.6 Å². The van der Waals surface area contributed by atoms with E-state index < -0.39 is 0 Å². The Balaban J connectivity index is 2.01. The van der Waals surface area contributed by atoms with Crippen molar-refractivity contribution in [2.24, 2.45) is 0 Å². The molecule has 1 aromatic heterocycles. The molecule has 136 valence electrons. The van der Waals surface area contributed by atoms with Gasteiger partial charge < -0.3 is 19.7 Å². The van der Waals surface area contributed by atoms with Crippen LogP contribution in [-0.2, 0) is 0 Å². The normalized spacial score (nSPS) is 16.8. The predicted molar refractivity (Wildman–Crippen MR) is 97.6 cm³/mol. The van der Waals surface area contributed by atoms with Crippen molar-refractivity contribution in [2.45, 2.75) is 46.6 Å². The van der Waals surface area contributed by atoms with Crippen LogP contribution in [0.15, 0.2) is 0 Å². The number of hydrogen-bond acceptors (Lipinski definition) is 4. The molecule has 1 aromatic rings. The van der Waals surface area contributed by atoms with E-state index in [2.05, 4.69) is 45.6 Å². The minimum atomic E-state index is -0.0468. The standard InChI is InChI=1S/C18H33N5O/c1-6-22(7-2)13-10-19-18(24)17-14(3)23(15(4)20-17)16-8-11-21(5)12-9-16/h16H,6-13H2,1-5H3,(H,19,24). The highest BCUT2D eigenvalue weighted by atomic mass is 16.1. The zero-order valence-corrected chi connectivity index (χ0v) is 15.9. The van der Waals surface area contributed by atoms with Crippen molar-refractivity contribution >= 4 is 5.91 Å². The molecule has 0 radical (unpaired) electrons. The lowest BCUT2D eigenvalue weighted by atomic mass is 10.0. The third-order valence-corrected chi connectivity index (χ3v) is 5.20. The molecule has 6 nitrogen and oxygen atoms in total. The SMILES string of the molecule is CCN(CC)CCNC(=O)c1nc(C)n(C2CCN(C)CC2)c1C. The quantitative estimate of drug-likeness (QED) is 0.826. The smallest absolute Gasteiger partial charge is 0.271 e. The summed E-state index contributed by atoms with van der Waals surface area (Å²) in [4.78, 5) is 21.7. The van der Waals surface area contributed by atoms with E-state index in [0.29, 0.717) is 18.3 Å². The molecule has 0 bridgehead atoms. The van der Waals surface area contributed by atoms with Crippen LogP contribution in [0.3, 0.4) is 0 Å². The van der Waals surface area contributed by atoms with Gasteiger partial charge in [0.05, 0.1) is 0 Å². The molecule has 0 atom stereocenters. The number of aromatic nitrogens is 2. The number of nitrogens with one attached hydrogen (secondary N) is 1. The van der Waals surface area contributed by atoms with E-state index in [-0.39, 0.29) is 5.91 Å². The third-order valence-electron chi connectivity index (χ3n) is 5.20. The Labute approximate surface area is 146 Å². The van der Waals surface area contributed by atoms with Crippen molar-refractivity contribution in [2.75, 3.05) is 46.3 Å². The van der Waals surface area contributed by atoms with Gasteiger partial charge in [-0.2, -0.15) is 0 Å². The highest BCUT2D eigenvalue weighted by Gasteiger charge is 2.25. The molecule has 1 fully saturated rings. The lowest BCUT2D eigenvalue weighted by Crippen LogP contribution is -2.35. The minimum absolute atomic E-state index is 0.0468. The maximum Gasteiger partial charge on any atom is 0.271 e. The average molecular weight is 335 g/mol. The van der Waals surface area contributed by atoms with Crippen LogP contribution in [0.25, 0.3) is 0 Å². The summed E-state index contributed by atoms with van der Waals surface area (Å²) < 4.78 is 2.27. The summed E-state index contributed by atoms with van der Waals surface area (Å²) >= 11 is 0. The average Bonchev–Trinajstić information content (AvgIpc) is 2.87. The van der Waals surface area contributed by atoms with E-state index in [1.807, 2.05) is 13.8 Å². The number of likely N-dealkylation sites (N-methyl/N-ethyl adjacent to an activating group) is 1. The van der Waals surface area contributed by atoms with Crippen molar-refractivity contribution in [1.82, 2.24) is 24.7 Å². The number of carbonyl (C=O) groups excluding carboxylic acids is 1. The summed E-state index contributed by atoms with van der Waals surface area (Å²) in [6, 6.07) is 0.464. The number of hydrogen-bond donors (Lipinski definition) is 1. The van der Waals surface area contributed by atoms with E-state index in [4.69, 9.17) is 0 Å². The summed E-state index contributed by atoms with van der Waals surface area (Å²) in [6.45, 7) is 14.1. The highest BCUT2D eigenvalue weighted by Crippen LogP contribution is 2.26. The molecular formula is C18H33N5O. The number of rotatable bonds is 7. The van der Waals surface area contributed by atoms with Crippen LogP contribution in [0, 0.1) is 13.8 Å². The molecule has 0 aromatic carbocycles. The number of imidazole rings is 1. The lowest BCUT2D eigenvalue weighted by Gasteiger charge is -2.31. The van der Waals surface area contributed by atoms with Gasteiger partial charge in [0.2, 0.25) is 0 Å². The number of piperidine rings is 1. The van der Waals surface area contributed by atoms with Gasteiger partial charge in [0.1, 0.15) is 11.5 Å². The Morgan fingerprint density at radius 1 is 1.25 bits per heavy atom. The first-order valence-corrected chi connectivity index (χ1v) is 9.22. The van der Waals surface area contributed by atoms with Gasteiger partial charge in [0, 0.05) is 24.8 Å². The van der Waals surface area contributed by atoms with Crippen molar-refractivity contribution in [3.05, 3.63) is 17.2 Å². The zero-order valence-electron chi connectivity index (χ0n) is 15.9. The van der Waals surface area contributed by atoms with E-state index in [1.165, 1.54) is 0 Å². The van der Waals surface area contributed by atoms with Gasteiger partial charge in [-0.25, -0.2) is 4.98 Å². The number of likely N-dealkylation sites (tertiary alicyclic amines) is 1. The lowest BCUT2D eigenvalue weighted by molar-refractivity contribution is 0.0943. The van der Waals surface area contributed by atoms with Crippen LogP contribution in [0.1, 0.15) is 54.7 Å². The fourth-order valence-electron chi connectivity index (χ4n) is 3.61. The maximum atomic E-state index is 12.5. The molecule has 6 heteroatoms. The fraction of sp³-hybridized carbons (Fsp3) is 0.778. The van der Waals surface area contributed by atoms with E-state index >= 15 is 0 Å². The summed E-state index contributed by atoms with van der Waals surface area (Å²) in [7, 11) is 2.17. The van der Waals surface area contributed by atoms with Gasteiger partial charge >= 0.3 is 0 Å². The fourth-order valence-corrected chi connectivity index (χ4v) is 3.61. The Morgan fingerprint density at radius 3 is 2.46 bits per heavy atom. The van der Waals surface area contributed by atoms with Gasteiger partial charge in [-0.15, -0.1) is 0 Å². The second-order valence-corrected chi connectivity index (χ2v) is 6.78. The Morgan fingerprint density at radius 2 is 1.88 bits per heavy atom. The van der Waals surface area contributed by atoms with E-state index in [0.717, 1.165) is 57.1 Å². The number of aryl methyl sites for hydroxylation is 1. The minimum Gasteiger partial charge on any atom is -0.349 e. The molecule has 24 heavy (non-hydrogen) atoms. The molecular weight excluding hydrogens is 302 g/mol. The van der Waals surface area contributed by atoms with Crippen molar-refractivity contribution in [3.63, 3.8) is 0 Å². The molecule has 0 saturated carbocycles. The maximum absolute atomic E-state index is 12.5. The van der Waals surface area contributed by atoms with Gasteiger partial charge in [0.25, 0.3) is 5.91 Å². The first-order valence-electron chi connectivity index (χ1n) is 9.22. The molecule has 1 aliphatic heterocycles. The number of amides is 1. The topological polar surface area (TPSA) is 53.4 Å². The summed E-state index contributed by atoms with van der Waals surface area (Å²) in [5.41, 5.74) is 1.59. The number of nitrogens with zero attached hydrogens (tertiary/aromatic N) is 4. The number of carbonyl (C=O) groups is 1. The summed E-state index contributed by atoms with van der Waals surface area (Å²) in [5.74, 6) is 0.908. The molecule has 0 unspecified atom stereocenters. The predicted octanol–water partition coefficient (Wildman–Crippen LogP) is 1.84. The second kappa shape index (κ2) is 8.62. The van der Waals surface area contributed by atoms with E-state index in [9.17, 15) is 4.79 Å². The van der Waals surface area contributed by atoms with Crippen molar-refractivity contribution in [3.8, 4) is 0 Å². The summed E-state index contributed by atoms with van der Waals surface area (Å²) in [6.07, 6.45) is 2.25. The molecule has 2 rings (SSSR count). The van der Waals surface area contributed by atoms with Crippen molar-refractivity contribution in [1.29, 1.82) is 0 Å². The molecule has 1 aliphatic rings.